The van der Waals surface area contributed by atoms with Gasteiger partial charge in [0.2, 0.25) is 5.91 Å². The van der Waals surface area contributed by atoms with E-state index in [1.165, 1.54) is 0 Å². The summed E-state index contributed by atoms with van der Waals surface area (Å²) in [5.41, 5.74) is 4.88. The zero-order chi connectivity index (χ0) is 16.4. The number of nitrogens with one attached hydrogen (secondary N) is 1. The van der Waals surface area contributed by atoms with Crippen molar-refractivity contribution in [3.63, 3.8) is 0 Å². The van der Waals surface area contributed by atoms with Crippen LogP contribution in [0.1, 0.15) is 19.8 Å². The molecule has 0 aliphatic carbocycles. The highest BCUT2D eigenvalue weighted by Crippen LogP contribution is 2.26. The fourth-order valence-electron chi connectivity index (χ4n) is 1.65. The van der Waals surface area contributed by atoms with Gasteiger partial charge in [-0.3, -0.25) is 4.79 Å². The van der Waals surface area contributed by atoms with Crippen LogP contribution in [0, 0.1) is 0 Å². The predicted octanol–water partition coefficient (Wildman–Crippen LogP) is 2.38. The SMILES string of the molecule is CCOc1ccccc1OCCCC(=O)NCC(F)(F)CN.Cl. The van der Waals surface area contributed by atoms with Gasteiger partial charge in [0.15, 0.2) is 11.5 Å². The van der Waals surface area contributed by atoms with E-state index in [0.717, 1.165) is 0 Å². The Morgan fingerprint density at radius 3 is 2.43 bits per heavy atom. The van der Waals surface area contributed by atoms with Crippen molar-refractivity contribution in [2.45, 2.75) is 25.7 Å². The summed E-state index contributed by atoms with van der Waals surface area (Å²) in [6, 6.07) is 7.22. The molecule has 0 aliphatic heterocycles. The van der Waals surface area contributed by atoms with Crippen LogP contribution in [0.15, 0.2) is 24.3 Å². The maximum atomic E-state index is 12.9. The van der Waals surface area contributed by atoms with Gasteiger partial charge in [0, 0.05) is 6.42 Å². The molecule has 0 saturated heterocycles. The van der Waals surface area contributed by atoms with Gasteiger partial charge < -0.3 is 20.5 Å². The Morgan fingerprint density at radius 2 is 1.87 bits per heavy atom. The van der Waals surface area contributed by atoms with Gasteiger partial charge in [0.05, 0.1) is 26.3 Å². The molecule has 132 valence electrons. The number of halogens is 3. The summed E-state index contributed by atoms with van der Waals surface area (Å²) in [7, 11) is 0. The summed E-state index contributed by atoms with van der Waals surface area (Å²) in [6.45, 7) is 1.17. The number of rotatable bonds is 10. The number of carbonyl (C=O) groups is 1. The minimum Gasteiger partial charge on any atom is -0.490 e. The maximum absolute atomic E-state index is 12.9. The number of hydrogen-bond donors (Lipinski definition) is 2. The number of alkyl halides is 2. The first-order valence-electron chi connectivity index (χ1n) is 7.17. The number of nitrogens with two attached hydrogens (primary N) is 1. The minimum atomic E-state index is -3.07. The summed E-state index contributed by atoms with van der Waals surface area (Å²) in [5.74, 6) is -2.28. The summed E-state index contributed by atoms with van der Waals surface area (Å²) >= 11 is 0. The smallest absolute Gasteiger partial charge is 0.277 e. The fraction of sp³-hybridized carbons (Fsp3) is 0.533. The van der Waals surface area contributed by atoms with Crippen LogP contribution in [0.25, 0.3) is 0 Å². The van der Waals surface area contributed by atoms with Crippen molar-refractivity contribution in [1.29, 1.82) is 0 Å². The topological polar surface area (TPSA) is 73.6 Å². The first kappa shape index (κ1) is 21.4. The first-order valence-corrected chi connectivity index (χ1v) is 7.17. The molecule has 0 fully saturated rings. The second kappa shape index (κ2) is 11.0. The second-order valence-electron chi connectivity index (χ2n) is 4.67. The van der Waals surface area contributed by atoms with Crippen LogP contribution in [-0.2, 0) is 4.79 Å². The molecule has 0 unspecified atom stereocenters. The highest BCUT2D eigenvalue weighted by atomic mass is 35.5. The van der Waals surface area contributed by atoms with Crippen molar-refractivity contribution in [3.8, 4) is 11.5 Å². The van der Waals surface area contributed by atoms with Crippen LogP contribution in [-0.4, -0.2) is 38.1 Å². The second-order valence-corrected chi connectivity index (χ2v) is 4.67. The van der Waals surface area contributed by atoms with E-state index in [2.05, 4.69) is 5.32 Å². The van der Waals surface area contributed by atoms with Gasteiger partial charge in [-0.25, -0.2) is 8.78 Å². The van der Waals surface area contributed by atoms with Gasteiger partial charge in [-0.2, -0.15) is 0 Å². The number of amides is 1. The van der Waals surface area contributed by atoms with E-state index >= 15 is 0 Å². The van der Waals surface area contributed by atoms with Crippen LogP contribution in [0.5, 0.6) is 11.5 Å². The van der Waals surface area contributed by atoms with Crippen molar-refractivity contribution >= 4 is 18.3 Å². The van der Waals surface area contributed by atoms with Crippen molar-refractivity contribution in [3.05, 3.63) is 24.3 Å². The van der Waals surface area contributed by atoms with Gasteiger partial charge in [0.1, 0.15) is 0 Å². The Balaban J connectivity index is 0.00000484. The molecule has 0 aromatic heterocycles. The number of ether oxygens (including phenoxy) is 2. The molecule has 0 atom stereocenters. The molecule has 1 aromatic carbocycles. The summed E-state index contributed by atoms with van der Waals surface area (Å²) < 4.78 is 36.7. The zero-order valence-corrected chi connectivity index (χ0v) is 13.8. The largest absolute Gasteiger partial charge is 0.490 e. The Morgan fingerprint density at radius 1 is 1.26 bits per heavy atom. The Bertz CT molecular complexity index is 476. The van der Waals surface area contributed by atoms with Gasteiger partial charge in [-0.15, -0.1) is 12.4 Å². The third kappa shape index (κ3) is 8.56. The highest BCUT2D eigenvalue weighted by Gasteiger charge is 2.26. The monoisotopic (exact) mass is 352 g/mol. The third-order valence-corrected chi connectivity index (χ3v) is 2.80. The van der Waals surface area contributed by atoms with E-state index in [-0.39, 0.29) is 18.8 Å². The van der Waals surface area contributed by atoms with E-state index in [4.69, 9.17) is 15.2 Å². The molecular formula is C15H23ClF2N2O3. The molecule has 8 heteroatoms. The molecule has 1 aromatic rings. The van der Waals surface area contributed by atoms with Gasteiger partial charge in [-0.1, -0.05) is 12.1 Å². The van der Waals surface area contributed by atoms with Crippen molar-refractivity contribution in [2.24, 2.45) is 5.73 Å². The molecule has 0 aliphatic rings. The molecule has 0 spiro atoms. The van der Waals surface area contributed by atoms with E-state index < -0.39 is 24.9 Å². The number of carbonyl (C=O) groups excluding carboxylic acids is 1. The zero-order valence-electron chi connectivity index (χ0n) is 13.0. The maximum Gasteiger partial charge on any atom is 0.277 e. The third-order valence-electron chi connectivity index (χ3n) is 2.80. The summed E-state index contributed by atoms with van der Waals surface area (Å²) in [6.07, 6.45) is 0.526. The predicted molar refractivity (Wildman–Crippen MR) is 86.6 cm³/mol. The molecule has 0 saturated carbocycles. The number of hydrogen-bond acceptors (Lipinski definition) is 4. The van der Waals surface area contributed by atoms with E-state index in [9.17, 15) is 13.6 Å². The standard InChI is InChI=1S/C15H22F2N2O3.ClH/c1-2-21-12-6-3-4-7-13(12)22-9-5-8-14(20)19-11-15(16,17)10-18;/h3-4,6-7H,2,5,8-11,18H2,1H3,(H,19,20);1H. The molecule has 0 bridgehead atoms. The van der Waals surface area contributed by atoms with Crippen molar-refractivity contribution in [2.75, 3.05) is 26.3 Å². The Kier molecular flexibility index (Phi) is 10.2. The Labute approximate surface area is 140 Å². The molecule has 1 amide bonds. The van der Waals surface area contributed by atoms with Crippen LogP contribution < -0.4 is 20.5 Å². The number of para-hydroxylation sites is 2. The highest BCUT2D eigenvalue weighted by molar-refractivity contribution is 5.85. The quantitative estimate of drug-likeness (QED) is 0.634. The van der Waals surface area contributed by atoms with Gasteiger partial charge in [0.25, 0.3) is 5.92 Å². The molecule has 1 rings (SSSR count). The fourth-order valence-corrected chi connectivity index (χ4v) is 1.65. The Hall–Kier alpha value is -1.60. The lowest BCUT2D eigenvalue weighted by Crippen LogP contribution is -2.41. The lowest BCUT2D eigenvalue weighted by atomic mass is 10.3. The molecule has 0 heterocycles. The molecule has 23 heavy (non-hydrogen) atoms. The van der Waals surface area contributed by atoms with Crippen molar-refractivity contribution < 1.29 is 23.0 Å². The summed E-state index contributed by atoms with van der Waals surface area (Å²) in [4.78, 5) is 11.4. The van der Waals surface area contributed by atoms with E-state index in [1.807, 2.05) is 19.1 Å². The van der Waals surface area contributed by atoms with Crippen molar-refractivity contribution in [1.82, 2.24) is 5.32 Å². The molecule has 5 nitrogen and oxygen atoms in total. The normalized spacial score (nSPS) is 10.6. The van der Waals surface area contributed by atoms with Gasteiger partial charge in [-0.05, 0) is 25.5 Å². The summed E-state index contributed by atoms with van der Waals surface area (Å²) in [5, 5.41) is 2.16. The molecular weight excluding hydrogens is 330 g/mol. The van der Waals surface area contributed by atoms with Crippen LogP contribution in [0.3, 0.4) is 0 Å². The molecule has 3 N–H and O–H groups in total. The van der Waals surface area contributed by atoms with E-state index in [0.29, 0.717) is 31.1 Å². The van der Waals surface area contributed by atoms with Crippen LogP contribution >= 0.6 is 12.4 Å². The molecule has 0 radical (unpaired) electrons. The first-order chi connectivity index (χ1) is 10.5. The lowest BCUT2D eigenvalue weighted by Gasteiger charge is -2.14. The lowest BCUT2D eigenvalue weighted by molar-refractivity contribution is -0.123. The van der Waals surface area contributed by atoms with Crippen LogP contribution in [0.2, 0.25) is 0 Å². The van der Waals surface area contributed by atoms with Gasteiger partial charge >= 0.3 is 0 Å². The average Bonchev–Trinajstić information content (AvgIpc) is 2.51. The average molecular weight is 353 g/mol. The van der Waals surface area contributed by atoms with E-state index in [1.54, 1.807) is 12.1 Å². The van der Waals surface area contributed by atoms with Crippen LogP contribution in [0.4, 0.5) is 8.78 Å². The number of benzene rings is 1. The minimum absolute atomic E-state index is 0.